The molecule has 0 aliphatic carbocycles. The average Bonchev–Trinajstić information content (AvgIpc) is 2.15. The zero-order valence-corrected chi connectivity index (χ0v) is 10.1. The third-order valence-corrected chi connectivity index (χ3v) is 3.54. The summed E-state index contributed by atoms with van der Waals surface area (Å²) < 4.78 is 61.0. The highest BCUT2D eigenvalue weighted by molar-refractivity contribution is 7.88. The lowest BCUT2D eigenvalue weighted by molar-refractivity contribution is -0.138. The molecule has 0 saturated carbocycles. The van der Waals surface area contributed by atoms with Gasteiger partial charge in [-0.25, -0.2) is 12.7 Å². The topological polar surface area (TPSA) is 37.4 Å². The van der Waals surface area contributed by atoms with Crippen LogP contribution in [0, 0.1) is 0 Å². The van der Waals surface area contributed by atoms with Crippen molar-refractivity contribution < 1.29 is 21.6 Å². The molecule has 3 nitrogen and oxygen atoms in total. The van der Waals surface area contributed by atoms with Crippen molar-refractivity contribution >= 4 is 10.0 Å². The first-order valence-electron chi connectivity index (χ1n) is 4.69. The minimum Gasteiger partial charge on any atom is -0.213 e. The highest BCUT2D eigenvalue weighted by atomic mass is 32.2. The molecule has 0 bridgehead atoms. The van der Waals surface area contributed by atoms with Gasteiger partial charge < -0.3 is 0 Å². The van der Waals surface area contributed by atoms with Crippen LogP contribution < -0.4 is 0 Å². The summed E-state index contributed by atoms with van der Waals surface area (Å²) in [6.45, 7) is -0.297. The Bertz CT molecular complexity index is 497. The fourth-order valence-corrected chi connectivity index (χ4v) is 1.67. The minimum absolute atomic E-state index is 0.0621. The van der Waals surface area contributed by atoms with Gasteiger partial charge in [0.25, 0.3) is 0 Å². The Kier molecular flexibility index (Phi) is 3.83. The summed E-state index contributed by atoms with van der Waals surface area (Å²) in [5, 5.41) is 0. The van der Waals surface area contributed by atoms with Gasteiger partial charge in [0.15, 0.2) is 0 Å². The summed E-state index contributed by atoms with van der Waals surface area (Å²) in [6, 6.07) is 4.92. The summed E-state index contributed by atoms with van der Waals surface area (Å²) in [7, 11) is -2.26. The zero-order valence-electron chi connectivity index (χ0n) is 9.32. The van der Waals surface area contributed by atoms with Crippen LogP contribution in [-0.2, 0) is 22.7 Å². The Hall–Kier alpha value is -1.08. The van der Waals surface area contributed by atoms with Gasteiger partial charge in [-0.3, -0.25) is 0 Å². The second kappa shape index (κ2) is 4.66. The van der Waals surface area contributed by atoms with E-state index in [2.05, 4.69) is 0 Å². The highest BCUT2D eigenvalue weighted by Crippen LogP contribution is 2.32. The molecule has 0 unspecified atom stereocenters. The minimum atomic E-state index is -4.48. The number of hydrogen-bond donors (Lipinski definition) is 0. The molecule has 1 aromatic rings. The van der Waals surface area contributed by atoms with E-state index < -0.39 is 21.8 Å². The Labute approximate surface area is 97.9 Å². The van der Waals surface area contributed by atoms with Crippen LogP contribution in [0.25, 0.3) is 0 Å². The average molecular weight is 267 g/mol. The van der Waals surface area contributed by atoms with E-state index >= 15 is 0 Å². The van der Waals surface area contributed by atoms with Crippen LogP contribution >= 0.6 is 0 Å². The molecule has 0 saturated heterocycles. The maximum atomic E-state index is 12.6. The summed E-state index contributed by atoms with van der Waals surface area (Å²) in [4.78, 5) is 0. The molecule has 0 aliphatic rings. The Balaban J connectivity index is 3.08. The number of sulfonamides is 1. The first-order chi connectivity index (χ1) is 7.62. The third-order valence-electron chi connectivity index (χ3n) is 2.28. The quantitative estimate of drug-likeness (QED) is 0.841. The number of halogens is 3. The molecular weight excluding hydrogens is 255 g/mol. The van der Waals surface area contributed by atoms with Crippen LogP contribution in [0.15, 0.2) is 24.3 Å². The summed E-state index contributed by atoms with van der Waals surface area (Å²) in [5.41, 5.74) is -0.872. The van der Waals surface area contributed by atoms with Crippen molar-refractivity contribution in [2.75, 3.05) is 13.3 Å². The molecule has 0 spiro atoms. The standard InChI is InChI=1S/C10H12F3NO2S/c1-14(17(2,15)16)7-8-5-3-4-6-9(8)10(11,12)13/h3-6H,7H2,1-2H3. The van der Waals surface area contributed by atoms with Gasteiger partial charge in [-0.15, -0.1) is 0 Å². The van der Waals surface area contributed by atoms with E-state index in [4.69, 9.17) is 0 Å². The van der Waals surface area contributed by atoms with Gasteiger partial charge in [0.1, 0.15) is 0 Å². The molecule has 0 atom stereocenters. The lowest BCUT2D eigenvalue weighted by atomic mass is 10.1. The lowest BCUT2D eigenvalue weighted by Gasteiger charge is -2.17. The van der Waals surface area contributed by atoms with E-state index in [1.807, 2.05) is 0 Å². The predicted molar refractivity (Wildman–Crippen MR) is 57.8 cm³/mol. The van der Waals surface area contributed by atoms with Crippen LogP contribution in [0.1, 0.15) is 11.1 Å². The van der Waals surface area contributed by atoms with Crippen molar-refractivity contribution in [2.45, 2.75) is 12.7 Å². The second-order valence-electron chi connectivity index (χ2n) is 3.67. The van der Waals surface area contributed by atoms with Crippen molar-refractivity contribution in [3.63, 3.8) is 0 Å². The van der Waals surface area contributed by atoms with E-state index in [9.17, 15) is 21.6 Å². The van der Waals surface area contributed by atoms with Gasteiger partial charge in [-0.2, -0.15) is 13.2 Å². The van der Waals surface area contributed by atoms with E-state index in [-0.39, 0.29) is 12.1 Å². The van der Waals surface area contributed by atoms with Gasteiger partial charge in [0, 0.05) is 13.6 Å². The maximum absolute atomic E-state index is 12.6. The molecule has 0 aromatic heterocycles. The lowest BCUT2D eigenvalue weighted by Crippen LogP contribution is -2.26. The van der Waals surface area contributed by atoms with Crippen LogP contribution in [0.2, 0.25) is 0 Å². The molecule has 1 aromatic carbocycles. The second-order valence-corrected chi connectivity index (χ2v) is 5.76. The van der Waals surface area contributed by atoms with Crippen molar-refractivity contribution in [1.29, 1.82) is 0 Å². The van der Waals surface area contributed by atoms with E-state index in [0.717, 1.165) is 16.6 Å². The van der Waals surface area contributed by atoms with Gasteiger partial charge in [0.05, 0.1) is 11.8 Å². The van der Waals surface area contributed by atoms with E-state index in [0.29, 0.717) is 0 Å². The van der Waals surface area contributed by atoms with Crippen LogP contribution in [0.3, 0.4) is 0 Å². The molecule has 1 rings (SSSR count). The first kappa shape index (κ1) is 14.0. The van der Waals surface area contributed by atoms with Gasteiger partial charge in [0.2, 0.25) is 10.0 Å². The van der Waals surface area contributed by atoms with Crippen molar-refractivity contribution in [1.82, 2.24) is 4.31 Å². The molecule has 0 N–H and O–H groups in total. The number of hydrogen-bond acceptors (Lipinski definition) is 2. The fourth-order valence-electron chi connectivity index (χ4n) is 1.29. The van der Waals surface area contributed by atoms with Crippen molar-refractivity contribution in [2.24, 2.45) is 0 Å². The summed E-state index contributed by atoms with van der Waals surface area (Å²) in [5.74, 6) is 0. The maximum Gasteiger partial charge on any atom is 0.416 e. The third kappa shape index (κ3) is 3.71. The molecule has 96 valence electrons. The van der Waals surface area contributed by atoms with Gasteiger partial charge in [-0.05, 0) is 11.6 Å². The van der Waals surface area contributed by atoms with E-state index in [1.165, 1.54) is 25.2 Å². The SMILES string of the molecule is CN(Cc1ccccc1C(F)(F)F)S(C)(=O)=O. The fraction of sp³-hybridized carbons (Fsp3) is 0.400. The van der Waals surface area contributed by atoms with Crippen molar-refractivity contribution in [3.8, 4) is 0 Å². The number of alkyl halides is 3. The van der Waals surface area contributed by atoms with E-state index in [1.54, 1.807) is 0 Å². The predicted octanol–water partition coefficient (Wildman–Crippen LogP) is 2.10. The molecule has 0 fully saturated rings. The van der Waals surface area contributed by atoms with Crippen LogP contribution in [0.5, 0.6) is 0 Å². The Morgan fingerprint density at radius 2 is 1.76 bits per heavy atom. The van der Waals surface area contributed by atoms with Crippen LogP contribution in [-0.4, -0.2) is 26.0 Å². The monoisotopic (exact) mass is 267 g/mol. The largest absolute Gasteiger partial charge is 0.416 e. The van der Waals surface area contributed by atoms with Crippen LogP contribution in [0.4, 0.5) is 13.2 Å². The number of benzene rings is 1. The molecule has 0 heterocycles. The summed E-state index contributed by atoms with van der Waals surface area (Å²) >= 11 is 0. The molecular formula is C10H12F3NO2S. The number of nitrogens with zero attached hydrogens (tertiary/aromatic N) is 1. The zero-order chi connectivity index (χ0) is 13.3. The highest BCUT2D eigenvalue weighted by Gasteiger charge is 2.33. The Morgan fingerprint density at radius 3 is 2.24 bits per heavy atom. The smallest absolute Gasteiger partial charge is 0.213 e. The van der Waals surface area contributed by atoms with Gasteiger partial charge in [-0.1, -0.05) is 18.2 Å². The summed E-state index contributed by atoms with van der Waals surface area (Å²) in [6.07, 6.45) is -3.53. The number of rotatable bonds is 3. The first-order valence-corrected chi connectivity index (χ1v) is 6.53. The molecule has 17 heavy (non-hydrogen) atoms. The molecule has 0 amide bonds. The normalized spacial score (nSPS) is 13.1. The molecule has 0 aliphatic heterocycles. The Morgan fingerprint density at radius 1 is 1.24 bits per heavy atom. The van der Waals surface area contributed by atoms with Gasteiger partial charge >= 0.3 is 6.18 Å². The van der Waals surface area contributed by atoms with Crippen molar-refractivity contribution in [3.05, 3.63) is 35.4 Å². The molecule has 0 radical (unpaired) electrons. The molecule has 7 heteroatoms.